The van der Waals surface area contributed by atoms with E-state index in [4.69, 9.17) is 14.6 Å². The number of para-hydroxylation sites is 1. The summed E-state index contributed by atoms with van der Waals surface area (Å²) in [5.74, 6) is 3.04. The summed E-state index contributed by atoms with van der Waals surface area (Å²) in [6, 6.07) is 33.3. The van der Waals surface area contributed by atoms with Crippen molar-refractivity contribution in [2.75, 3.05) is 7.11 Å². The van der Waals surface area contributed by atoms with E-state index in [0.717, 1.165) is 63.4 Å². The molecular formula is C41H40N4O2. The van der Waals surface area contributed by atoms with E-state index in [2.05, 4.69) is 90.3 Å². The number of aromatic nitrogens is 4. The summed E-state index contributed by atoms with van der Waals surface area (Å²) in [6.45, 7) is 4.51. The maximum absolute atomic E-state index is 6.50. The average Bonchev–Trinajstić information content (AvgIpc) is 3.73. The molecule has 0 saturated carbocycles. The zero-order valence-electron chi connectivity index (χ0n) is 27.3. The largest absolute Gasteiger partial charge is 0.497 e. The molecule has 3 heterocycles. The number of aryl methyl sites for hydroxylation is 2. The molecule has 0 aliphatic carbocycles. The molecule has 0 saturated heterocycles. The fourth-order valence-electron chi connectivity index (χ4n) is 6.50. The first-order valence-electron chi connectivity index (χ1n) is 16.6. The van der Waals surface area contributed by atoms with Crippen LogP contribution in [0.1, 0.15) is 50.7 Å². The molecule has 0 fully saturated rings. The minimum Gasteiger partial charge on any atom is -0.497 e. The van der Waals surface area contributed by atoms with Crippen molar-refractivity contribution in [2.24, 2.45) is 0 Å². The maximum atomic E-state index is 6.50. The number of benzene rings is 4. The van der Waals surface area contributed by atoms with E-state index in [-0.39, 0.29) is 0 Å². The van der Waals surface area contributed by atoms with Gasteiger partial charge in [-0.25, -0.2) is 9.67 Å². The molecule has 4 aromatic carbocycles. The van der Waals surface area contributed by atoms with Crippen molar-refractivity contribution in [3.05, 3.63) is 127 Å². The normalized spacial score (nSPS) is 11.4. The first-order chi connectivity index (χ1) is 23.2. The predicted octanol–water partition coefficient (Wildman–Crippen LogP) is 10.5. The van der Waals surface area contributed by atoms with Crippen LogP contribution in [0.15, 0.2) is 116 Å². The lowest BCUT2D eigenvalue weighted by molar-refractivity contribution is 0.414. The van der Waals surface area contributed by atoms with Gasteiger partial charge in [0.15, 0.2) is 0 Å². The minimum absolute atomic E-state index is 0.744. The van der Waals surface area contributed by atoms with Gasteiger partial charge in [0, 0.05) is 46.9 Å². The van der Waals surface area contributed by atoms with Gasteiger partial charge in [-0.1, -0.05) is 69.2 Å². The van der Waals surface area contributed by atoms with Gasteiger partial charge in [0.25, 0.3) is 0 Å². The molecule has 0 N–H and O–H groups in total. The van der Waals surface area contributed by atoms with Crippen LogP contribution in [0.2, 0.25) is 0 Å². The van der Waals surface area contributed by atoms with Gasteiger partial charge in [0.2, 0.25) is 0 Å². The summed E-state index contributed by atoms with van der Waals surface area (Å²) < 4.78 is 16.1. The van der Waals surface area contributed by atoms with E-state index >= 15 is 0 Å². The second-order valence-corrected chi connectivity index (χ2v) is 12.0. The van der Waals surface area contributed by atoms with Crippen LogP contribution in [0.5, 0.6) is 17.2 Å². The molecule has 0 aliphatic rings. The zero-order chi connectivity index (χ0) is 32.2. The first-order valence-corrected chi connectivity index (χ1v) is 16.6. The van der Waals surface area contributed by atoms with Crippen molar-refractivity contribution in [1.82, 2.24) is 19.3 Å². The molecule has 0 bridgehead atoms. The summed E-state index contributed by atoms with van der Waals surface area (Å²) in [4.78, 5) is 4.69. The van der Waals surface area contributed by atoms with Gasteiger partial charge in [-0.15, -0.1) is 0 Å². The monoisotopic (exact) mass is 620 g/mol. The van der Waals surface area contributed by atoms with Crippen LogP contribution in [-0.4, -0.2) is 26.4 Å². The van der Waals surface area contributed by atoms with Crippen LogP contribution in [0.3, 0.4) is 0 Å². The Morgan fingerprint density at radius 2 is 1.43 bits per heavy atom. The third-order valence-electron chi connectivity index (χ3n) is 8.85. The van der Waals surface area contributed by atoms with Gasteiger partial charge in [-0.05, 0) is 78.8 Å². The Labute approximate surface area is 276 Å². The fourth-order valence-corrected chi connectivity index (χ4v) is 6.50. The number of pyridine rings is 1. The van der Waals surface area contributed by atoms with Gasteiger partial charge >= 0.3 is 0 Å². The lowest BCUT2D eigenvalue weighted by Gasteiger charge is -2.14. The second kappa shape index (κ2) is 13.6. The Balaban J connectivity index is 1.22. The van der Waals surface area contributed by atoms with E-state index in [1.165, 1.54) is 47.9 Å². The third-order valence-corrected chi connectivity index (χ3v) is 8.85. The number of fused-ring (bicyclic) bond motifs is 3. The fraction of sp³-hybridized carbons (Fsp3) is 0.220. The Hall–Kier alpha value is -5.36. The lowest BCUT2D eigenvalue weighted by atomic mass is 9.91. The topological polar surface area (TPSA) is 54.1 Å². The molecule has 0 amide bonds. The van der Waals surface area contributed by atoms with E-state index in [0.29, 0.717) is 0 Å². The van der Waals surface area contributed by atoms with Crippen molar-refractivity contribution < 1.29 is 9.47 Å². The van der Waals surface area contributed by atoms with E-state index in [1.807, 2.05) is 47.3 Å². The molecule has 3 aromatic heterocycles. The summed E-state index contributed by atoms with van der Waals surface area (Å²) >= 11 is 0. The molecular weight excluding hydrogens is 580 g/mol. The summed E-state index contributed by atoms with van der Waals surface area (Å²) in [6.07, 6.45) is 12.8. The van der Waals surface area contributed by atoms with Crippen LogP contribution in [0.25, 0.3) is 44.4 Å². The molecule has 0 atom stereocenters. The van der Waals surface area contributed by atoms with Gasteiger partial charge in [0.05, 0.1) is 30.0 Å². The zero-order valence-corrected chi connectivity index (χ0v) is 27.3. The van der Waals surface area contributed by atoms with Gasteiger partial charge in [0.1, 0.15) is 23.1 Å². The smallest absolute Gasteiger partial charge is 0.141 e. The van der Waals surface area contributed by atoms with Gasteiger partial charge in [-0.2, -0.15) is 5.10 Å². The summed E-state index contributed by atoms with van der Waals surface area (Å²) in [5, 5.41) is 7.11. The summed E-state index contributed by atoms with van der Waals surface area (Å²) in [7, 11) is 1.67. The highest BCUT2D eigenvalue weighted by atomic mass is 16.5. The van der Waals surface area contributed by atoms with Crippen molar-refractivity contribution in [3.8, 4) is 39.9 Å². The standard InChI is InChI=1S/C41H40N4O2/c1-4-6-12-29-14-10-15-30(13-7-5-2)41(29)31-27-43-44(28-31)32-16-11-17-34(24-32)47-35-20-21-37-36-18-8-9-19-38(36)45(39(37)25-35)40-26-33(46-3)22-23-42-40/h8-11,14-28H,4-7,12-13H2,1-3H3. The Kier molecular flexibility index (Phi) is 8.74. The minimum atomic E-state index is 0.744. The lowest BCUT2D eigenvalue weighted by Crippen LogP contribution is -1.98. The number of methoxy groups -OCH3 is 1. The summed E-state index contributed by atoms with van der Waals surface area (Å²) in [5.41, 5.74) is 8.37. The average molecular weight is 621 g/mol. The van der Waals surface area contributed by atoms with Crippen molar-refractivity contribution in [1.29, 1.82) is 0 Å². The highest BCUT2D eigenvalue weighted by Crippen LogP contribution is 2.36. The first kappa shape index (κ1) is 30.3. The van der Waals surface area contributed by atoms with Crippen molar-refractivity contribution in [3.63, 3.8) is 0 Å². The molecule has 7 rings (SSSR count). The SMILES string of the molecule is CCCCc1cccc(CCCC)c1-c1cnn(-c2cccc(Oc3ccc4c5ccccc5n(-c5cc(OC)ccn5)c4c3)c2)c1. The van der Waals surface area contributed by atoms with Crippen LogP contribution >= 0.6 is 0 Å². The maximum Gasteiger partial charge on any atom is 0.141 e. The highest BCUT2D eigenvalue weighted by Gasteiger charge is 2.16. The number of ether oxygens (including phenoxy) is 2. The number of rotatable bonds is 12. The number of unbranched alkanes of at least 4 members (excludes halogenated alkanes) is 2. The second-order valence-electron chi connectivity index (χ2n) is 12.0. The quantitative estimate of drug-likeness (QED) is 0.136. The van der Waals surface area contributed by atoms with Crippen LogP contribution in [0.4, 0.5) is 0 Å². The molecule has 0 aliphatic heterocycles. The molecule has 0 spiro atoms. The van der Waals surface area contributed by atoms with Crippen LogP contribution in [-0.2, 0) is 12.8 Å². The molecule has 0 unspecified atom stereocenters. The molecule has 6 heteroatoms. The molecule has 236 valence electrons. The third kappa shape index (κ3) is 6.11. The number of hydrogen-bond acceptors (Lipinski definition) is 4. The highest BCUT2D eigenvalue weighted by molar-refractivity contribution is 6.09. The van der Waals surface area contributed by atoms with Gasteiger partial charge in [-0.3, -0.25) is 4.57 Å². The van der Waals surface area contributed by atoms with Crippen LogP contribution < -0.4 is 9.47 Å². The van der Waals surface area contributed by atoms with Gasteiger partial charge < -0.3 is 9.47 Å². The Morgan fingerprint density at radius 3 is 2.21 bits per heavy atom. The van der Waals surface area contributed by atoms with E-state index in [9.17, 15) is 0 Å². The Bertz CT molecular complexity index is 2130. The van der Waals surface area contributed by atoms with Crippen LogP contribution in [0, 0.1) is 0 Å². The predicted molar refractivity (Wildman–Crippen MR) is 191 cm³/mol. The number of nitrogens with zero attached hydrogens (tertiary/aromatic N) is 4. The van der Waals surface area contributed by atoms with Crippen molar-refractivity contribution >= 4 is 21.8 Å². The van der Waals surface area contributed by atoms with E-state index < -0.39 is 0 Å². The number of hydrogen-bond donors (Lipinski definition) is 0. The molecule has 0 radical (unpaired) electrons. The van der Waals surface area contributed by atoms with E-state index in [1.54, 1.807) is 13.3 Å². The molecule has 7 aromatic rings. The Morgan fingerprint density at radius 1 is 0.681 bits per heavy atom. The van der Waals surface area contributed by atoms with Crippen molar-refractivity contribution in [2.45, 2.75) is 52.4 Å². The molecule has 6 nitrogen and oxygen atoms in total. The molecule has 47 heavy (non-hydrogen) atoms.